The third-order valence-electron chi connectivity index (χ3n) is 6.36. The maximum absolute atomic E-state index is 12.9. The minimum atomic E-state index is -1.11. The number of carbonyl (C=O) groups is 2. The van der Waals surface area contributed by atoms with E-state index in [1.165, 1.54) is 25.7 Å². The number of ether oxygens (including phenoxy) is 1. The Morgan fingerprint density at radius 1 is 1.29 bits per heavy atom. The fourth-order valence-electron chi connectivity index (χ4n) is 5.03. The molecule has 1 amide bonds. The molecule has 0 spiro atoms. The minimum Gasteiger partial charge on any atom is -0.445 e. The fourth-order valence-corrected chi connectivity index (χ4v) is 5.03. The SMILES string of the molecule is CC(NC(=O)C1(C)Cc2ccccc2C(=O)O1)C1CC2CCC1C2. The zero-order chi connectivity index (χ0) is 16.9. The van der Waals surface area contributed by atoms with Crippen LogP contribution in [0, 0.1) is 17.8 Å². The van der Waals surface area contributed by atoms with E-state index in [-0.39, 0.29) is 11.9 Å². The van der Waals surface area contributed by atoms with Gasteiger partial charge in [-0.05, 0) is 62.5 Å². The van der Waals surface area contributed by atoms with Crippen LogP contribution in [-0.4, -0.2) is 23.5 Å². The molecule has 128 valence electrons. The quantitative estimate of drug-likeness (QED) is 0.868. The van der Waals surface area contributed by atoms with Crippen LogP contribution < -0.4 is 5.32 Å². The third-order valence-corrected chi connectivity index (χ3v) is 6.36. The summed E-state index contributed by atoms with van der Waals surface area (Å²) < 4.78 is 5.54. The average Bonchev–Trinajstić information content (AvgIpc) is 3.17. The summed E-state index contributed by atoms with van der Waals surface area (Å²) in [4.78, 5) is 25.1. The summed E-state index contributed by atoms with van der Waals surface area (Å²) in [6, 6.07) is 7.52. The number of esters is 1. The molecule has 4 nitrogen and oxygen atoms in total. The molecule has 1 heterocycles. The number of hydrogen-bond donors (Lipinski definition) is 1. The molecule has 1 aliphatic heterocycles. The van der Waals surface area contributed by atoms with Gasteiger partial charge in [0.15, 0.2) is 5.60 Å². The van der Waals surface area contributed by atoms with E-state index in [0.717, 1.165) is 17.4 Å². The Labute approximate surface area is 143 Å². The lowest BCUT2D eigenvalue weighted by atomic mass is 9.83. The molecular formula is C20H25NO3. The first-order valence-electron chi connectivity index (χ1n) is 9.08. The van der Waals surface area contributed by atoms with Crippen molar-refractivity contribution in [2.75, 3.05) is 0 Å². The zero-order valence-electron chi connectivity index (χ0n) is 14.4. The van der Waals surface area contributed by atoms with E-state index in [2.05, 4.69) is 12.2 Å². The monoisotopic (exact) mass is 327 g/mol. The van der Waals surface area contributed by atoms with E-state index in [4.69, 9.17) is 4.74 Å². The normalized spacial score (nSPS) is 35.2. The van der Waals surface area contributed by atoms with Gasteiger partial charge in [0.05, 0.1) is 5.56 Å². The first-order valence-corrected chi connectivity index (χ1v) is 9.08. The highest BCUT2D eigenvalue weighted by molar-refractivity contribution is 5.97. The van der Waals surface area contributed by atoms with Gasteiger partial charge in [-0.2, -0.15) is 0 Å². The van der Waals surface area contributed by atoms with Gasteiger partial charge in [-0.25, -0.2) is 4.79 Å². The third kappa shape index (κ3) is 2.52. The van der Waals surface area contributed by atoms with Crippen molar-refractivity contribution in [1.29, 1.82) is 0 Å². The van der Waals surface area contributed by atoms with Crippen LogP contribution in [-0.2, 0) is 16.0 Å². The predicted octanol–water partition coefficient (Wildman–Crippen LogP) is 3.10. The molecule has 4 rings (SSSR count). The maximum Gasteiger partial charge on any atom is 0.339 e. The number of carbonyl (C=O) groups excluding carboxylic acids is 2. The molecule has 2 fully saturated rings. The van der Waals surface area contributed by atoms with Crippen LogP contribution >= 0.6 is 0 Å². The number of benzene rings is 1. The Bertz CT molecular complexity index is 685. The molecule has 2 aliphatic carbocycles. The second kappa shape index (κ2) is 5.61. The highest BCUT2D eigenvalue weighted by Gasteiger charge is 2.46. The van der Waals surface area contributed by atoms with Crippen molar-refractivity contribution in [3.05, 3.63) is 35.4 Å². The molecule has 2 saturated carbocycles. The van der Waals surface area contributed by atoms with E-state index in [9.17, 15) is 9.59 Å². The first kappa shape index (κ1) is 15.7. The molecule has 0 radical (unpaired) electrons. The lowest BCUT2D eigenvalue weighted by Crippen LogP contribution is -2.55. The molecule has 1 aromatic rings. The molecule has 0 saturated heterocycles. The molecule has 0 aromatic heterocycles. The molecule has 24 heavy (non-hydrogen) atoms. The van der Waals surface area contributed by atoms with Gasteiger partial charge in [-0.3, -0.25) is 4.79 Å². The van der Waals surface area contributed by atoms with Gasteiger partial charge in [0, 0.05) is 12.5 Å². The van der Waals surface area contributed by atoms with Crippen LogP contribution in [0.5, 0.6) is 0 Å². The lowest BCUT2D eigenvalue weighted by Gasteiger charge is -2.36. The topological polar surface area (TPSA) is 55.4 Å². The Morgan fingerprint density at radius 3 is 2.79 bits per heavy atom. The summed E-state index contributed by atoms with van der Waals surface area (Å²) in [5.41, 5.74) is 0.347. The van der Waals surface area contributed by atoms with Crippen LogP contribution in [0.2, 0.25) is 0 Å². The van der Waals surface area contributed by atoms with Gasteiger partial charge in [0.25, 0.3) is 5.91 Å². The molecule has 5 unspecified atom stereocenters. The Kier molecular flexibility index (Phi) is 3.66. The number of hydrogen-bond acceptors (Lipinski definition) is 3. The first-order chi connectivity index (χ1) is 11.5. The van der Waals surface area contributed by atoms with Gasteiger partial charge in [-0.1, -0.05) is 24.6 Å². The van der Waals surface area contributed by atoms with Crippen molar-refractivity contribution >= 4 is 11.9 Å². The molecule has 5 atom stereocenters. The average molecular weight is 327 g/mol. The molecule has 1 N–H and O–H groups in total. The Hall–Kier alpha value is -1.84. The van der Waals surface area contributed by atoms with Gasteiger partial charge < -0.3 is 10.1 Å². The van der Waals surface area contributed by atoms with E-state index in [0.29, 0.717) is 17.9 Å². The van der Waals surface area contributed by atoms with E-state index >= 15 is 0 Å². The Balaban J connectivity index is 1.47. The molecular weight excluding hydrogens is 302 g/mol. The smallest absolute Gasteiger partial charge is 0.339 e. The van der Waals surface area contributed by atoms with E-state index in [1.807, 2.05) is 18.2 Å². The maximum atomic E-state index is 12.9. The van der Waals surface area contributed by atoms with Crippen LogP contribution in [0.3, 0.4) is 0 Å². The van der Waals surface area contributed by atoms with Crippen molar-refractivity contribution in [1.82, 2.24) is 5.32 Å². The molecule has 3 aliphatic rings. The summed E-state index contributed by atoms with van der Waals surface area (Å²) in [7, 11) is 0. The summed E-state index contributed by atoms with van der Waals surface area (Å²) in [6.45, 7) is 3.83. The fraction of sp³-hybridized carbons (Fsp3) is 0.600. The van der Waals surface area contributed by atoms with Crippen LogP contribution in [0.4, 0.5) is 0 Å². The Morgan fingerprint density at radius 2 is 2.08 bits per heavy atom. The largest absolute Gasteiger partial charge is 0.445 e. The number of rotatable bonds is 3. The molecule has 1 aromatic carbocycles. The van der Waals surface area contributed by atoms with Gasteiger partial charge in [0.2, 0.25) is 0 Å². The van der Waals surface area contributed by atoms with Crippen LogP contribution in [0.15, 0.2) is 24.3 Å². The summed E-state index contributed by atoms with van der Waals surface area (Å²) in [5.74, 6) is 1.62. The van der Waals surface area contributed by atoms with Crippen LogP contribution in [0.25, 0.3) is 0 Å². The van der Waals surface area contributed by atoms with Gasteiger partial charge in [-0.15, -0.1) is 0 Å². The second-order valence-electron chi connectivity index (χ2n) is 8.06. The van der Waals surface area contributed by atoms with E-state index < -0.39 is 11.6 Å². The van der Waals surface area contributed by atoms with Crippen molar-refractivity contribution in [2.24, 2.45) is 17.8 Å². The van der Waals surface area contributed by atoms with E-state index in [1.54, 1.807) is 13.0 Å². The zero-order valence-corrected chi connectivity index (χ0v) is 14.4. The number of amides is 1. The lowest BCUT2D eigenvalue weighted by molar-refractivity contribution is -0.141. The summed E-state index contributed by atoms with van der Waals surface area (Å²) in [6.07, 6.45) is 5.64. The predicted molar refractivity (Wildman–Crippen MR) is 90.5 cm³/mol. The molecule has 4 heteroatoms. The van der Waals surface area contributed by atoms with Crippen LogP contribution in [0.1, 0.15) is 55.5 Å². The highest BCUT2D eigenvalue weighted by Crippen LogP contribution is 2.49. The number of fused-ring (bicyclic) bond motifs is 3. The van der Waals surface area contributed by atoms with Crippen molar-refractivity contribution in [3.8, 4) is 0 Å². The summed E-state index contributed by atoms with van der Waals surface area (Å²) in [5, 5.41) is 3.15. The standard InChI is InChI=1S/C20H25NO3/c1-12(17-10-13-7-8-14(17)9-13)21-19(23)20(2)11-15-5-3-4-6-16(15)18(22)24-20/h3-6,12-14,17H,7-11H2,1-2H3,(H,21,23). The van der Waals surface area contributed by atoms with Crippen molar-refractivity contribution in [2.45, 2.75) is 57.6 Å². The minimum absolute atomic E-state index is 0.139. The van der Waals surface area contributed by atoms with Crippen molar-refractivity contribution in [3.63, 3.8) is 0 Å². The summed E-state index contributed by atoms with van der Waals surface area (Å²) >= 11 is 0. The van der Waals surface area contributed by atoms with Gasteiger partial charge in [0.1, 0.15) is 0 Å². The highest BCUT2D eigenvalue weighted by atomic mass is 16.6. The van der Waals surface area contributed by atoms with Gasteiger partial charge >= 0.3 is 5.97 Å². The molecule has 2 bridgehead atoms. The second-order valence-corrected chi connectivity index (χ2v) is 8.06. The number of nitrogens with one attached hydrogen (secondary N) is 1. The van der Waals surface area contributed by atoms with Crippen molar-refractivity contribution < 1.29 is 14.3 Å². The number of cyclic esters (lactones) is 1.